The van der Waals surface area contributed by atoms with E-state index in [4.69, 9.17) is 19.9 Å². The fourth-order valence-electron chi connectivity index (χ4n) is 6.43. The lowest BCUT2D eigenvalue weighted by molar-refractivity contribution is -0.0865. The number of carbonyl (C=O) groups is 1. The summed E-state index contributed by atoms with van der Waals surface area (Å²) in [6, 6.07) is 4.44. The predicted octanol–water partition coefficient (Wildman–Crippen LogP) is 2.32. The van der Waals surface area contributed by atoms with Crippen molar-refractivity contribution in [3.63, 3.8) is 0 Å². The smallest absolute Gasteiger partial charge is 0.412 e. The van der Waals surface area contributed by atoms with Gasteiger partial charge in [0.2, 0.25) is 0 Å². The summed E-state index contributed by atoms with van der Waals surface area (Å²) < 4.78 is 18.1. The SMILES string of the molecule is COc1ccc2c3c1OC1C(OC(=O)NC(C)CN)=CC[C@@]4(C)[C@@H](C2)N(C)CC[C@]314. The Kier molecular flexibility index (Phi) is 4.35. The number of ether oxygens (including phenoxy) is 3. The first-order chi connectivity index (χ1) is 14.4. The van der Waals surface area contributed by atoms with Crippen LogP contribution in [-0.2, 0) is 16.6 Å². The molecule has 1 aromatic carbocycles. The van der Waals surface area contributed by atoms with Gasteiger partial charge in [0, 0.05) is 29.6 Å². The standard InChI is InChI=1S/C23H31N3O4/c1-13(12-24)25-21(27)29-16-7-8-22(2)17-11-14-5-6-15(28-4)19-18(14)23(22,20(16)30-19)9-10-26(17)3/h5-7,13,17,20H,8-12,24H2,1-4H3,(H,25,27)/t13?,17-,20?,22+,23+/m1/s1. The number of hydrogen-bond acceptors (Lipinski definition) is 6. The van der Waals surface area contributed by atoms with Gasteiger partial charge in [-0.05, 0) is 57.5 Å². The molecule has 3 N–H and O–H groups in total. The van der Waals surface area contributed by atoms with Crippen LogP contribution in [0.3, 0.4) is 0 Å². The predicted molar refractivity (Wildman–Crippen MR) is 113 cm³/mol. The van der Waals surface area contributed by atoms with Crippen molar-refractivity contribution >= 4 is 6.09 Å². The summed E-state index contributed by atoms with van der Waals surface area (Å²) in [4.78, 5) is 15.0. The van der Waals surface area contributed by atoms with E-state index in [0.717, 1.165) is 37.3 Å². The average Bonchev–Trinajstić information content (AvgIpc) is 3.08. The third-order valence-corrected chi connectivity index (χ3v) is 8.03. The number of hydrogen-bond donors (Lipinski definition) is 2. The number of benzene rings is 1. The van der Waals surface area contributed by atoms with Gasteiger partial charge in [0.05, 0.1) is 12.5 Å². The van der Waals surface area contributed by atoms with Gasteiger partial charge in [0.25, 0.3) is 0 Å². The largest absolute Gasteiger partial charge is 0.493 e. The second-order valence-corrected chi connectivity index (χ2v) is 9.45. The van der Waals surface area contributed by atoms with Gasteiger partial charge in [-0.2, -0.15) is 0 Å². The molecule has 7 heteroatoms. The zero-order valence-corrected chi connectivity index (χ0v) is 18.2. The van der Waals surface area contributed by atoms with Crippen molar-refractivity contribution in [2.24, 2.45) is 11.1 Å². The summed E-state index contributed by atoms with van der Waals surface area (Å²) in [6.07, 6.45) is 4.03. The van der Waals surface area contributed by atoms with Gasteiger partial charge in [0.1, 0.15) is 5.76 Å². The van der Waals surface area contributed by atoms with Crippen LogP contribution in [0.25, 0.3) is 0 Å². The molecule has 2 unspecified atom stereocenters. The quantitative estimate of drug-likeness (QED) is 0.788. The Hall–Kier alpha value is -2.25. The molecule has 162 valence electrons. The van der Waals surface area contributed by atoms with E-state index < -0.39 is 6.09 Å². The van der Waals surface area contributed by atoms with Gasteiger partial charge in [0.15, 0.2) is 17.6 Å². The molecule has 2 bridgehead atoms. The molecule has 2 heterocycles. The van der Waals surface area contributed by atoms with Crippen LogP contribution in [0.1, 0.15) is 37.8 Å². The monoisotopic (exact) mass is 413 g/mol. The number of rotatable bonds is 4. The third kappa shape index (κ3) is 2.36. The Morgan fingerprint density at radius 1 is 1.47 bits per heavy atom. The highest BCUT2D eigenvalue weighted by Crippen LogP contribution is 2.68. The van der Waals surface area contributed by atoms with E-state index in [1.807, 2.05) is 13.0 Å². The van der Waals surface area contributed by atoms with Crippen LogP contribution in [0, 0.1) is 5.41 Å². The van der Waals surface area contributed by atoms with Gasteiger partial charge in [-0.1, -0.05) is 13.0 Å². The van der Waals surface area contributed by atoms with E-state index in [2.05, 4.69) is 36.3 Å². The zero-order valence-electron chi connectivity index (χ0n) is 18.2. The van der Waals surface area contributed by atoms with Crippen LogP contribution >= 0.6 is 0 Å². The first-order valence-electron chi connectivity index (χ1n) is 10.8. The average molecular weight is 414 g/mol. The van der Waals surface area contributed by atoms with Gasteiger partial charge in [-0.25, -0.2) is 4.79 Å². The molecule has 1 amide bonds. The van der Waals surface area contributed by atoms with Crippen LogP contribution in [0.5, 0.6) is 11.5 Å². The van der Waals surface area contributed by atoms with E-state index in [-0.39, 0.29) is 23.0 Å². The van der Waals surface area contributed by atoms with Crippen LogP contribution in [0.2, 0.25) is 0 Å². The van der Waals surface area contributed by atoms with Crippen LogP contribution in [0.4, 0.5) is 4.79 Å². The zero-order chi connectivity index (χ0) is 21.3. The van der Waals surface area contributed by atoms with E-state index in [1.54, 1.807) is 7.11 Å². The summed E-state index contributed by atoms with van der Waals surface area (Å²) >= 11 is 0. The molecule has 1 fully saturated rings. The Morgan fingerprint density at radius 3 is 3.00 bits per heavy atom. The summed E-state index contributed by atoms with van der Waals surface area (Å²) in [5.41, 5.74) is 7.99. The molecule has 1 spiro atoms. The summed E-state index contributed by atoms with van der Waals surface area (Å²) in [7, 11) is 3.90. The maximum Gasteiger partial charge on any atom is 0.412 e. The van der Waals surface area contributed by atoms with E-state index in [1.165, 1.54) is 11.1 Å². The first kappa shape index (κ1) is 19.7. The van der Waals surface area contributed by atoms with Crippen molar-refractivity contribution in [3.05, 3.63) is 35.1 Å². The molecule has 4 aliphatic rings. The van der Waals surface area contributed by atoms with E-state index >= 15 is 0 Å². The molecule has 7 nitrogen and oxygen atoms in total. The number of nitrogens with one attached hydrogen (secondary N) is 1. The van der Waals surface area contributed by atoms with Gasteiger partial charge in [-0.3, -0.25) is 0 Å². The van der Waals surface area contributed by atoms with Crippen LogP contribution in [-0.4, -0.2) is 56.4 Å². The van der Waals surface area contributed by atoms with Crippen LogP contribution < -0.4 is 20.5 Å². The molecule has 0 radical (unpaired) electrons. The number of alkyl carbamates (subject to hydrolysis) is 1. The molecule has 5 rings (SSSR count). The van der Waals surface area contributed by atoms with Crippen LogP contribution in [0.15, 0.2) is 24.0 Å². The molecule has 1 saturated heterocycles. The highest BCUT2D eigenvalue weighted by molar-refractivity contribution is 5.70. The maximum atomic E-state index is 12.5. The van der Waals surface area contributed by atoms with Crippen molar-refractivity contribution in [3.8, 4) is 11.5 Å². The van der Waals surface area contributed by atoms with Gasteiger partial charge >= 0.3 is 6.09 Å². The highest BCUT2D eigenvalue weighted by Gasteiger charge is 2.70. The molecular formula is C23H31N3O4. The van der Waals surface area contributed by atoms with Gasteiger partial charge in [-0.15, -0.1) is 0 Å². The van der Waals surface area contributed by atoms with Crippen molar-refractivity contribution in [2.75, 3.05) is 27.2 Å². The Bertz CT molecular complexity index is 931. The molecule has 2 aliphatic heterocycles. The molecule has 30 heavy (non-hydrogen) atoms. The number of nitrogens with two attached hydrogens (primary N) is 1. The maximum absolute atomic E-state index is 12.5. The lowest BCUT2D eigenvalue weighted by Crippen LogP contribution is -2.69. The molecular weight excluding hydrogens is 382 g/mol. The topological polar surface area (TPSA) is 86.0 Å². The molecule has 5 atom stereocenters. The minimum absolute atomic E-state index is 0.0107. The highest BCUT2D eigenvalue weighted by atomic mass is 16.6. The molecule has 2 aliphatic carbocycles. The number of carbonyl (C=O) groups excluding carboxylic acids is 1. The number of likely N-dealkylation sites (tertiary alicyclic amines) is 1. The Morgan fingerprint density at radius 2 is 2.27 bits per heavy atom. The molecule has 0 aromatic heterocycles. The fraction of sp³-hybridized carbons (Fsp3) is 0.609. The number of likely N-dealkylation sites (N-methyl/N-ethyl adjacent to an activating group) is 1. The number of piperidine rings is 1. The molecule has 0 saturated carbocycles. The van der Waals surface area contributed by atoms with Crippen molar-refractivity contribution < 1.29 is 19.0 Å². The van der Waals surface area contributed by atoms with Crippen molar-refractivity contribution in [1.29, 1.82) is 0 Å². The number of amides is 1. The minimum atomic E-state index is -0.480. The van der Waals surface area contributed by atoms with Gasteiger partial charge < -0.3 is 30.2 Å². The first-order valence-corrected chi connectivity index (χ1v) is 10.8. The summed E-state index contributed by atoms with van der Waals surface area (Å²) in [5.74, 6) is 2.17. The lowest BCUT2D eigenvalue weighted by Gasteiger charge is -2.63. The normalized spacial score (nSPS) is 34.4. The number of nitrogens with zero attached hydrogens (tertiary/aromatic N) is 1. The number of methoxy groups -OCH3 is 1. The van der Waals surface area contributed by atoms with E-state index in [0.29, 0.717) is 18.3 Å². The van der Waals surface area contributed by atoms with Crippen molar-refractivity contribution in [2.45, 2.75) is 56.7 Å². The summed E-state index contributed by atoms with van der Waals surface area (Å²) in [6.45, 7) is 5.58. The Labute approximate surface area is 177 Å². The number of allylic oxidation sites excluding steroid dienone is 1. The second kappa shape index (κ2) is 6.62. The van der Waals surface area contributed by atoms with Crippen molar-refractivity contribution in [1.82, 2.24) is 10.2 Å². The molecule has 1 aromatic rings. The second-order valence-electron chi connectivity index (χ2n) is 9.45. The fourth-order valence-corrected chi connectivity index (χ4v) is 6.43. The third-order valence-electron chi connectivity index (χ3n) is 8.03. The lowest BCUT2D eigenvalue weighted by atomic mass is 9.45. The Balaban J connectivity index is 1.62. The summed E-state index contributed by atoms with van der Waals surface area (Å²) in [5, 5.41) is 2.79. The minimum Gasteiger partial charge on any atom is -0.493 e. The van der Waals surface area contributed by atoms with E-state index in [9.17, 15) is 4.79 Å².